The predicted molar refractivity (Wildman–Crippen MR) is 78.4 cm³/mol. The maximum atomic E-state index is 5.77. The van der Waals surface area contributed by atoms with Crippen molar-refractivity contribution in [1.82, 2.24) is 0 Å². The van der Waals surface area contributed by atoms with E-state index in [-0.39, 0.29) is 0 Å². The van der Waals surface area contributed by atoms with Crippen LogP contribution in [-0.2, 0) is 0 Å². The van der Waals surface area contributed by atoms with Crippen LogP contribution in [0.4, 0.5) is 34.1 Å². The summed E-state index contributed by atoms with van der Waals surface area (Å²) >= 11 is 0. The Morgan fingerprint density at radius 3 is 0.889 bits per heavy atom. The largest absolute Gasteiger partial charge is 0.397 e. The molecule has 0 aromatic heterocycles. The number of rotatable bonds is 1. The quantitative estimate of drug-likeness (QED) is 0.408. The maximum Gasteiger partial charge on any atom is 0.0781 e. The van der Waals surface area contributed by atoms with Crippen LogP contribution < -0.4 is 34.4 Å². The summed E-state index contributed by atoms with van der Waals surface area (Å²) in [6, 6.07) is 6.87. The summed E-state index contributed by atoms with van der Waals surface area (Å²) in [5.41, 5.74) is 38.5. The lowest BCUT2D eigenvalue weighted by Gasteiger charge is -2.11. The maximum absolute atomic E-state index is 5.77. The lowest BCUT2D eigenvalue weighted by atomic mass is 10.0. The zero-order valence-corrected chi connectivity index (χ0v) is 9.77. The Balaban J connectivity index is 2.63. The highest BCUT2D eigenvalue weighted by Gasteiger charge is 2.08. The molecule has 0 spiro atoms. The van der Waals surface area contributed by atoms with Crippen LogP contribution in [0.25, 0.3) is 11.1 Å². The molecule has 0 unspecified atom stereocenters. The average molecular weight is 244 g/mol. The molecule has 6 heteroatoms. The van der Waals surface area contributed by atoms with Crippen molar-refractivity contribution in [2.75, 3.05) is 34.4 Å². The van der Waals surface area contributed by atoms with E-state index in [1.54, 1.807) is 24.3 Å². The molecule has 0 heterocycles. The molecule has 0 radical (unpaired) electrons. The zero-order valence-electron chi connectivity index (χ0n) is 9.77. The van der Waals surface area contributed by atoms with Gasteiger partial charge in [0.05, 0.1) is 34.1 Å². The highest BCUT2D eigenvalue weighted by Crippen LogP contribution is 2.34. The summed E-state index contributed by atoms with van der Waals surface area (Å²) in [6.45, 7) is 0. The van der Waals surface area contributed by atoms with Gasteiger partial charge >= 0.3 is 0 Å². The number of benzene rings is 2. The lowest BCUT2D eigenvalue weighted by molar-refractivity contribution is 1.59. The highest BCUT2D eigenvalue weighted by atomic mass is 14.7. The molecule has 0 bridgehead atoms. The predicted octanol–water partition coefficient (Wildman–Crippen LogP) is 0.847. The number of hydrogen-bond acceptors (Lipinski definition) is 6. The van der Waals surface area contributed by atoms with Gasteiger partial charge < -0.3 is 34.4 Å². The average Bonchev–Trinajstić information content (AvgIpc) is 2.31. The third-order valence-electron chi connectivity index (χ3n) is 2.82. The van der Waals surface area contributed by atoms with Crippen molar-refractivity contribution in [2.45, 2.75) is 0 Å². The normalized spacial score (nSPS) is 10.4. The fraction of sp³-hybridized carbons (Fsp3) is 0. The molecule has 18 heavy (non-hydrogen) atoms. The van der Waals surface area contributed by atoms with Gasteiger partial charge in [-0.3, -0.25) is 0 Å². The van der Waals surface area contributed by atoms with E-state index in [1.165, 1.54) is 0 Å². The Bertz CT molecular complexity index is 518. The van der Waals surface area contributed by atoms with Crippen molar-refractivity contribution in [3.8, 4) is 11.1 Å². The van der Waals surface area contributed by atoms with Gasteiger partial charge in [0.1, 0.15) is 0 Å². The van der Waals surface area contributed by atoms with Crippen LogP contribution in [0.3, 0.4) is 0 Å². The van der Waals surface area contributed by atoms with Crippen LogP contribution in [0.2, 0.25) is 0 Å². The van der Waals surface area contributed by atoms with Gasteiger partial charge in [0.15, 0.2) is 0 Å². The van der Waals surface area contributed by atoms with Crippen LogP contribution in [-0.4, -0.2) is 0 Å². The van der Waals surface area contributed by atoms with E-state index >= 15 is 0 Å². The molecule has 0 saturated heterocycles. The molecule has 94 valence electrons. The van der Waals surface area contributed by atoms with Crippen molar-refractivity contribution >= 4 is 34.1 Å². The van der Waals surface area contributed by atoms with Crippen LogP contribution in [0.15, 0.2) is 24.3 Å². The number of hydrogen-bond donors (Lipinski definition) is 6. The molecular formula is C12H16N6. The highest BCUT2D eigenvalue weighted by molar-refractivity contribution is 5.89. The minimum atomic E-state index is 0.370. The second-order valence-electron chi connectivity index (χ2n) is 4.14. The van der Waals surface area contributed by atoms with Crippen molar-refractivity contribution in [3.05, 3.63) is 24.3 Å². The van der Waals surface area contributed by atoms with Crippen molar-refractivity contribution in [2.24, 2.45) is 0 Å². The molecule has 0 fully saturated rings. The van der Waals surface area contributed by atoms with Gasteiger partial charge in [-0.1, -0.05) is 0 Å². The first-order valence-corrected chi connectivity index (χ1v) is 5.29. The van der Waals surface area contributed by atoms with Crippen LogP contribution in [0, 0.1) is 0 Å². The first-order valence-electron chi connectivity index (χ1n) is 5.29. The van der Waals surface area contributed by atoms with E-state index in [9.17, 15) is 0 Å². The molecule has 2 rings (SSSR count). The third-order valence-corrected chi connectivity index (χ3v) is 2.82. The van der Waals surface area contributed by atoms with Gasteiger partial charge in [0.2, 0.25) is 0 Å². The van der Waals surface area contributed by atoms with Gasteiger partial charge in [-0.2, -0.15) is 0 Å². The SMILES string of the molecule is Nc1cc(-c2cc(N)c(N)c(N)c2)cc(N)c1N. The van der Waals surface area contributed by atoms with E-state index in [0.717, 1.165) is 11.1 Å². The minimum Gasteiger partial charge on any atom is -0.397 e. The van der Waals surface area contributed by atoms with E-state index in [2.05, 4.69) is 0 Å². The van der Waals surface area contributed by atoms with Crippen LogP contribution in [0.5, 0.6) is 0 Å². The molecule has 0 aliphatic heterocycles. The molecule has 2 aromatic rings. The Morgan fingerprint density at radius 2 is 0.667 bits per heavy atom. The summed E-state index contributed by atoms with van der Waals surface area (Å²) < 4.78 is 0. The summed E-state index contributed by atoms with van der Waals surface area (Å²) in [7, 11) is 0. The van der Waals surface area contributed by atoms with Gasteiger partial charge in [-0.05, 0) is 35.4 Å². The Hall–Kier alpha value is -2.76. The summed E-state index contributed by atoms with van der Waals surface area (Å²) in [4.78, 5) is 0. The van der Waals surface area contributed by atoms with Crippen molar-refractivity contribution < 1.29 is 0 Å². The summed E-state index contributed by atoms with van der Waals surface area (Å²) in [5, 5.41) is 0. The fourth-order valence-corrected chi connectivity index (χ4v) is 1.73. The first kappa shape index (κ1) is 11.7. The molecule has 2 aromatic carbocycles. The molecule has 0 amide bonds. The monoisotopic (exact) mass is 244 g/mol. The number of nitrogens with two attached hydrogens (primary N) is 6. The second-order valence-corrected chi connectivity index (χ2v) is 4.14. The molecular weight excluding hydrogens is 228 g/mol. The van der Waals surface area contributed by atoms with E-state index in [1.807, 2.05) is 0 Å². The van der Waals surface area contributed by atoms with Crippen molar-refractivity contribution in [3.63, 3.8) is 0 Å². The molecule has 6 nitrogen and oxygen atoms in total. The number of nitrogen functional groups attached to an aromatic ring is 6. The van der Waals surface area contributed by atoms with Gasteiger partial charge in [-0.15, -0.1) is 0 Å². The third kappa shape index (κ3) is 1.80. The first-order chi connectivity index (χ1) is 8.40. The fourth-order valence-electron chi connectivity index (χ4n) is 1.73. The summed E-state index contributed by atoms with van der Waals surface area (Å²) in [6.07, 6.45) is 0. The zero-order chi connectivity index (χ0) is 13.4. The molecule has 0 saturated carbocycles. The standard InChI is InChI=1S/C12H16N6/c13-7-1-5(2-8(14)11(7)17)6-3-9(15)12(18)10(16)4-6/h1-4H,13-18H2. The molecule has 0 atom stereocenters. The van der Waals surface area contributed by atoms with E-state index < -0.39 is 0 Å². The van der Waals surface area contributed by atoms with Gasteiger partial charge in [0.25, 0.3) is 0 Å². The lowest BCUT2D eigenvalue weighted by Crippen LogP contribution is -2.02. The topological polar surface area (TPSA) is 156 Å². The van der Waals surface area contributed by atoms with Gasteiger partial charge in [0, 0.05) is 0 Å². The number of anilines is 6. The van der Waals surface area contributed by atoms with Crippen molar-refractivity contribution in [1.29, 1.82) is 0 Å². The minimum absolute atomic E-state index is 0.370. The van der Waals surface area contributed by atoms with E-state index in [4.69, 9.17) is 34.4 Å². The molecule has 0 aliphatic rings. The Morgan fingerprint density at radius 1 is 0.444 bits per heavy atom. The second kappa shape index (κ2) is 3.92. The Labute approximate surface area is 105 Å². The Kier molecular flexibility index (Phi) is 2.55. The van der Waals surface area contributed by atoms with Crippen LogP contribution >= 0.6 is 0 Å². The summed E-state index contributed by atoms with van der Waals surface area (Å²) in [5.74, 6) is 0. The van der Waals surface area contributed by atoms with E-state index in [0.29, 0.717) is 34.1 Å². The molecule has 12 N–H and O–H groups in total. The van der Waals surface area contributed by atoms with Crippen LogP contribution in [0.1, 0.15) is 0 Å². The molecule has 0 aliphatic carbocycles. The van der Waals surface area contributed by atoms with Gasteiger partial charge in [-0.25, -0.2) is 0 Å². The smallest absolute Gasteiger partial charge is 0.0781 e.